The third kappa shape index (κ3) is 5.13. The lowest BCUT2D eigenvalue weighted by molar-refractivity contribution is -0.384. The van der Waals surface area contributed by atoms with Gasteiger partial charge in [0.2, 0.25) is 0 Å². The van der Waals surface area contributed by atoms with Gasteiger partial charge >= 0.3 is 0 Å². The second kappa shape index (κ2) is 10.1. The van der Waals surface area contributed by atoms with Crippen molar-refractivity contribution < 1.29 is 14.5 Å². The van der Waals surface area contributed by atoms with Gasteiger partial charge in [-0.05, 0) is 42.5 Å². The van der Waals surface area contributed by atoms with E-state index >= 15 is 0 Å². The number of non-ortho nitro benzene ring substituents is 1. The molecule has 1 aliphatic heterocycles. The first kappa shape index (κ1) is 23.5. The lowest BCUT2D eigenvalue weighted by Gasteiger charge is -2.37. The van der Waals surface area contributed by atoms with Crippen LogP contribution in [0.2, 0.25) is 10.0 Å². The van der Waals surface area contributed by atoms with Gasteiger partial charge in [0, 0.05) is 48.9 Å². The summed E-state index contributed by atoms with van der Waals surface area (Å²) in [7, 11) is 0. The van der Waals surface area contributed by atoms with Crippen LogP contribution in [0.4, 0.5) is 17.1 Å². The van der Waals surface area contributed by atoms with Crippen molar-refractivity contribution in [3.8, 4) is 0 Å². The van der Waals surface area contributed by atoms with Crippen LogP contribution in [0.3, 0.4) is 0 Å². The quantitative estimate of drug-likeness (QED) is 0.389. The molecule has 0 radical (unpaired) electrons. The molecule has 1 aliphatic rings. The van der Waals surface area contributed by atoms with Crippen molar-refractivity contribution >= 4 is 52.1 Å². The summed E-state index contributed by atoms with van der Waals surface area (Å²) in [6, 6.07) is 17.9. The van der Waals surface area contributed by atoms with E-state index in [1.165, 1.54) is 12.1 Å². The van der Waals surface area contributed by atoms with E-state index in [-0.39, 0.29) is 22.2 Å². The van der Waals surface area contributed by atoms with Crippen molar-refractivity contribution in [2.45, 2.75) is 0 Å². The molecule has 0 spiro atoms. The highest BCUT2D eigenvalue weighted by atomic mass is 35.5. The first-order chi connectivity index (χ1) is 16.3. The van der Waals surface area contributed by atoms with Crippen molar-refractivity contribution in [3.63, 3.8) is 0 Å². The number of hydrogen-bond donors (Lipinski definition) is 1. The number of benzene rings is 3. The minimum atomic E-state index is -0.569. The van der Waals surface area contributed by atoms with E-state index in [1.807, 2.05) is 12.1 Å². The molecule has 34 heavy (non-hydrogen) atoms. The highest BCUT2D eigenvalue weighted by molar-refractivity contribution is 6.34. The molecule has 174 valence electrons. The lowest BCUT2D eigenvalue weighted by atomic mass is 10.1. The number of hydrogen-bond acceptors (Lipinski definition) is 5. The lowest BCUT2D eigenvalue weighted by Crippen LogP contribution is -2.49. The summed E-state index contributed by atoms with van der Waals surface area (Å²) in [4.78, 5) is 39.8. The van der Waals surface area contributed by atoms with Crippen LogP contribution in [0.5, 0.6) is 0 Å². The third-order valence-electron chi connectivity index (χ3n) is 5.56. The number of nitro groups is 1. The Morgan fingerprint density at radius 2 is 1.59 bits per heavy atom. The van der Waals surface area contributed by atoms with Gasteiger partial charge in [0.15, 0.2) is 0 Å². The van der Waals surface area contributed by atoms with E-state index < -0.39 is 10.8 Å². The Bertz CT molecular complexity index is 1240. The Balaban J connectivity index is 1.45. The van der Waals surface area contributed by atoms with E-state index in [1.54, 1.807) is 41.3 Å². The fraction of sp³-hybridized carbons (Fsp3) is 0.167. The molecule has 0 unspecified atom stereocenters. The summed E-state index contributed by atoms with van der Waals surface area (Å²) >= 11 is 12.0. The monoisotopic (exact) mass is 498 g/mol. The number of para-hydroxylation sites is 2. The van der Waals surface area contributed by atoms with E-state index in [0.717, 1.165) is 11.8 Å². The first-order valence-corrected chi connectivity index (χ1v) is 11.2. The maximum atomic E-state index is 12.8. The summed E-state index contributed by atoms with van der Waals surface area (Å²) in [5.74, 6) is -0.519. The molecular weight excluding hydrogens is 479 g/mol. The molecule has 1 heterocycles. The van der Waals surface area contributed by atoms with Crippen LogP contribution < -0.4 is 10.2 Å². The Morgan fingerprint density at radius 1 is 0.912 bits per heavy atom. The summed E-state index contributed by atoms with van der Waals surface area (Å²) in [6.45, 7) is 2.23. The Hall–Kier alpha value is -3.62. The number of carbonyl (C=O) groups excluding carboxylic acids is 2. The summed E-state index contributed by atoms with van der Waals surface area (Å²) < 4.78 is 0. The number of anilines is 2. The SMILES string of the molecule is O=C(Nc1ccccc1N1CCN(C(=O)c2ccc(Cl)cc2)CC1)c1ccc([N+](=O)[O-])cc1Cl. The van der Waals surface area contributed by atoms with Crippen LogP contribution in [-0.4, -0.2) is 47.8 Å². The number of amides is 2. The van der Waals surface area contributed by atoms with Crippen molar-refractivity contribution in [3.05, 3.63) is 98.0 Å². The van der Waals surface area contributed by atoms with Crippen LogP contribution in [0, 0.1) is 10.1 Å². The van der Waals surface area contributed by atoms with Crippen LogP contribution in [0.25, 0.3) is 0 Å². The van der Waals surface area contributed by atoms with Gasteiger partial charge in [-0.3, -0.25) is 19.7 Å². The molecule has 10 heteroatoms. The molecule has 3 aromatic rings. The molecule has 1 N–H and O–H groups in total. The van der Waals surface area contributed by atoms with E-state index in [9.17, 15) is 19.7 Å². The molecule has 1 saturated heterocycles. The summed E-state index contributed by atoms with van der Waals surface area (Å²) in [5.41, 5.74) is 1.94. The molecule has 3 aromatic carbocycles. The van der Waals surface area contributed by atoms with Gasteiger partial charge in [-0.1, -0.05) is 35.3 Å². The van der Waals surface area contributed by atoms with Gasteiger partial charge in [-0.15, -0.1) is 0 Å². The number of carbonyl (C=O) groups is 2. The second-order valence-corrected chi connectivity index (χ2v) is 8.52. The predicted molar refractivity (Wildman–Crippen MR) is 132 cm³/mol. The summed E-state index contributed by atoms with van der Waals surface area (Å²) in [5, 5.41) is 14.3. The molecule has 0 bridgehead atoms. The molecular formula is C24H20Cl2N4O4. The number of rotatable bonds is 5. The largest absolute Gasteiger partial charge is 0.366 e. The smallest absolute Gasteiger partial charge is 0.270 e. The number of halogens is 2. The van der Waals surface area contributed by atoms with Gasteiger partial charge in [0.25, 0.3) is 17.5 Å². The zero-order valence-corrected chi connectivity index (χ0v) is 19.4. The molecule has 0 aromatic heterocycles. The van der Waals surface area contributed by atoms with Gasteiger partial charge in [-0.2, -0.15) is 0 Å². The fourth-order valence-electron chi connectivity index (χ4n) is 3.77. The van der Waals surface area contributed by atoms with Crippen molar-refractivity contribution in [1.29, 1.82) is 0 Å². The topological polar surface area (TPSA) is 95.8 Å². The molecule has 4 rings (SSSR count). The Labute approximate surface area is 205 Å². The van der Waals surface area contributed by atoms with E-state index in [4.69, 9.17) is 23.2 Å². The number of nitrogens with zero attached hydrogens (tertiary/aromatic N) is 3. The standard InChI is InChI=1S/C24H20Cl2N4O4/c25-17-7-5-16(6-8-17)24(32)29-13-11-28(12-14-29)22-4-2-1-3-21(22)27-23(31)19-10-9-18(30(33)34)15-20(19)26/h1-10,15H,11-14H2,(H,27,31). The Kier molecular flexibility index (Phi) is 7.00. The van der Waals surface area contributed by atoms with Crippen LogP contribution in [0.1, 0.15) is 20.7 Å². The van der Waals surface area contributed by atoms with Crippen LogP contribution >= 0.6 is 23.2 Å². The Morgan fingerprint density at radius 3 is 2.24 bits per heavy atom. The van der Waals surface area contributed by atoms with Gasteiger partial charge in [0.1, 0.15) is 0 Å². The number of nitro benzene ring substituents is 1. The van der Waals surface area contributed by atoms with Crippen molar-refractivity contribution in [1.82, 2.24) is 4.90 Å². The molecule has 0 saturated carbocycles. The highest BCUT2D eigenvalue weighted by Gasteiger charge is 2.24. The molecule has 1 fully saturated rings. The normalized spacial score (nSPS) is 13.5. The van der Waals surface area contributed by atoms with Crippen molar-refractivity contribution in [2.75, 3.05) is 36.4 Å². The average molecular weight is 499 g/mol. The minimum Gasteiger partial charge on any atom is -0.366 e. The predicted octanol–water partition coefficient (Wildman–Crippen LogP) is 5.12. The maximum Gasteiger partial charge on any atom is 0.270 e. The van der Waals surface area contributed by atoms with E-state index in [0.29, 0.717) is 42.5 Å². The molecule has 0 aliphatic carbocycles. The zero-order chi connectivity index (χ0) is 24.2. The minimum absolute atomic E-state index is 0.00138. The molecule has 8 nitrogen and oxygen atoms in total. The average Bonchev–Trinajstić information content (AvgIpc) is 2.84. The van der Waals surface area contributed by atoms with Gasteiger partial charge in [-0.25, -0.2) is 0 Å². The van der Waals surface area contributed by atoms with Crippen molar-refractivity contribution in [2.24, 2.45) is 0 Å². The fourth-order valence-corrected chi connectivity index (χ4v) is 4.16. The number of piperazine rings is 1. The third-order valence-corrected chi connectivity index (χ3v) is 6.12. The highest BCUT2D eigenvalue weighted by Crippen LogP contribution is 2.29. The molecule has 0 atom stereocenters. The maximum absolute atomic E-state index is 12.8. The zero-order valence-electron chi connectivity index (χ0n) is 17.9. The number of nitrogens with one attached hydrogen (secondary N) is 1. The molecule has 2 amide bonds. The van der Waals surface area contributed by atoms with Gasteiger partial charge < -0.3 is 15.1 Å². The van der Waals surface area contributed by atoms with E-state index in [2.05, 4.69) is 10.2 Å². The second-order valence-electron chi connectivity index (χ2n) is 7.68. The van der Waals surface area contributed by atoms with Gasteiger partial charge in [0.05, 0.1) is 26.9 Å². The first-order valence-electron chi connectivity index (χ1n) is 10.5. The van der Waals surface area contributed by atoms with Crippen LogP contribution in [0.15, 0.2) is 66.7 Å². The van der Waals surface area contributed by atoms with Crippen LogP contribution in [-0.2, 0) is 0 Å². The summed E-state index contributed by atoms with van der Waals surface area (Å²) in [6.07, 6.45) is 0.